The summed E-state index contributed by atoms with van der Waals surface area (Å²) in [6.45, 7) is 0. The largest absolute Gasteiger partial charge is 0.365 e. The average Bonchev–Trinajstić information content (AvgIpc) is 3.14. The van der Waals surface area contributed by atoms with Crippen LogP contribution in [0.15, 0.2) is 18.2 Å². The Labute approximate surface area is 151 Å². The minimum absolute atomic E-state index is 0.0850. The number of fused-ring (bicyclic) bond motifs is 2. The van der Waals surface area contributed by atoms with E-state index in [2.05, 4.69) is 17.4 Å². The number of rotatable bonds is 4. The van der Waals surface area contributed by atoms with Gasteiger partial charge >= 0.3 is 0 Å². The SMILES string of the molecule is NC(=O)c1c(NC(=O)Cc2ccc3c(c2)CCCC3)sc2c1CCC2. The van der Waals surface area contributed by atoms with E-state index in [0.29, 0.717) is 17.0 Å². The lowest BCUT2D eigenvalue weighted by Gasteiger charge is -2.16. The second-order valence-corrected chi connectivity index (χ2v) is 8.07. The van der Waals surface area contributed by atoms with Gasteiger partial charge in [0.2, 0.25) is 5.91 Å². The molecule has 0 radical (unpaired) electrons. The lowest BCUT2D eigenvalue weighted by Crippen LogP contribution is -2.19. The van der Waals surface area contributed by atoms with Crippen LogP contribution in [0.1, 0.15) is 56.8 Å². The van der Waals surface area contributed by atoms with Gasteiger partial charge in [-0.3, -0.25) is 9.59 Å². The van der Waals surface area contributed by atoms with Gasteiger partial charge in [0.05, 0.1) is 12.0 Å². The Bertz CT molecular complexity index is 854. The Morgan fingerprint density at radius 1 is 1.04 bits per heavy atom. The monoisotopic (exact) mass is 354 g/mol. The number of benzene rings is 1. The van der Waals surface area contributed by atoms with Crippen LogP contribution in [0, 0.1) is 0 Å². The van der Waals surface area contributed by atoms with Crippen LogP contribution in [-0.4, -0.2) is 11.8 Å². The van der Waals surface area contributed by atoms with Gasteiger partial charge in [-0.1, -0.05) is 18.2 Å². The highest BCUT2D eigenvalue weighted by Crippen LogP contribution is 2.38. The Morgan fingerprint density at radius 3 is 2.64 bits per heavy atom. The van der Waals surface area contributed by atoms with E-state index >= 15 is 0 Å². The maximum absolute atomic E-state index is 12.5. The molecule has 1 aromatic heterocycles. The molecule has 4 rings (SSSR count). The van der Waals surface area contributed by atoms with E-state index in [9.17, 15) is 9.59 Å². The molecule has 1 aromatic carbocycles. The predicted octanol–water partition coefficient (Wildman–Crippen LogP) is 3.40. The van der Waals surface area contributed by atoms with Gasteiger partial charge in [-0.15, -0.1) is 11.3 Å². The van der Waals surface area contributed by atoms with E-state index in [1.807, 2.05) is 6.07 Å². The van der Waals surface area contributed by atoms with Crippen LogP contribution in [-0.2, 0) is 36.9 Å². The second kappa shape index (κ2) is 6.64. The van der Waals surface area contributed by atoms with E-state index in [0.717, 1.165) is 43.2 Å². The summed E-state index contributed by atoms with van der Waals surface area (Å²) in [4.78, 5) is 25.5. The Hall–Kier alpha value is -2.14. The first-order valence-electron chi connectivity index (χ1n) is 8.96. The number of amides is 2. The number of nitrogens with one attached hydrogen (secondary N) is 1. The van der Waals surface area contributed by atoms with Crippen molar-refractivity contribution < 1.29 is 9.59 Å². The molecule has 5 heteroatoms. The first-order chi connectivity index (χ1) is 12.1. The third-order valence-corrected chi connectivity index (χ3v) is 6.41. The average molecular weight is 354 g/mol. The fraction of sp³-hybridized carbons (Fsp3) is 0.400. The van der Waals surface area contributed by atoms with Gasteiger partial charge in [-0.25, -0.2) is 0 Å². The second-order valence-electron chi connectivity index (χ2n) is 6.96. The van der Waals surface area contributed by atoms with E-state index in [4.69, 9.17) is 5.73 Å². The maximum atomic E-state index is 12.5. The van der Waals surface area contributed by atoms with Crippen LogP contribution in [0.4, 0.5) is 5.00 Å². The van der Waals surface area contributed by atoms with E-state index in [1.54, 1.807) is 0 Å². The van der Waals surface area contributed by atoms with Crippen molar-refractivity contribution in [1.82, 2.24) is 0 Å². The molecule has 0 bridgehead atoms. The highest BCUT2D eigenvalue weighted by molar-refractivity contribution is 7.17. The summed E-state index contributed by atoms with van der Waals surface area (Å²) in [6, 6.07) is 6.37. The molecule has 25 heavy (non-hydrogen) atoms. The molecular formula is C20H22N2O2S. The third kappa shape index (κ3) is 3.21. The number of aryl methyl sites for hydroxylation is 3. The number of hydrogen-bond donors (Lipinski definition) is 2. The summed E-state index contributed by atoms with van der Waals surface area (Å²) in [5.74, 6) is -0.526. The highest BCUT2D eigenvalue weighted by atomic mass is 32.1. The molecule has 0 aliphatic heterocycles. The van der Waals surface area contributed by atoms with Gasteiger partial charge in [0.25, 0.3) is 5.91 Å². The molecular weight excluding hydrogens is 332 g/mol. The molecule has 4 nitrogen and oxygen atoms in total. The molecule has 2 amide bonds. The van der Waals surface area contributed by atoms with Crippen molar-refractivity contribution in [2.75, 3.05) is 5.32 Å². The highest BCUT2D eigenvalue weighted by Gasteiger charge is 2.26. The van der Waals surface area contributed by atoms with Crippen molar-refractivity contribution in [2.45, 2.75) is 51.4 Å². The Balaban J connectivity index is 1.51. The molecule has 1 heterocycles. The summed E-state index contributed by atoms with van der Waals surface area (Å²) in [7, 11) is 0. The van der Waals surface area contributed by atoms with Gasteiger partial charge < -0.3 is 11.1 Å². The number of primary amides is 1. The van der Waals surface area contributed by atoms with E-state index in [-0.39, 0.29) is 5.91 Å². The molecule has 0 unspecified atom stereocenters. The van der Waals surface area contributed by atoms with Gasteiger partial charge in [0.1, 0.15) is 5.00 Å². The zero-order valence-electron chi connectivity index (χ0n) is 14.2. The lowest BCUT2D eigenvalue weighted by molar-refractivity contribution is -0.115. The summed E-state index contributed by atoms with van der Waals surface area (Å²) < 4.78 is 0. The van der Waals surface area contributed by atoms with Gasteiger partial charge in [-0.2, -0.15) is 0 Å². The van der Waals surface area contributed by atoms with Gasteiger partial charge in [0, 0.05) is 4.88 Å². The van der Waals surface area contributed by atoms with Crippen molar-refractivity contribution in [3.05, 3.63) is 50.9 Å². The van der Waals surface area contributed by atoms with Crippen molar-refractivity contribution in [3.63, 3.8) is 0 Å². The molecule has 0 saturated heterocycles. The number of anilines is 1. The minimum Gasteiger partial charge on any atom is -0.365 e. The molecule has 2 aliphatic rings. The zero-order valence-corrected chi connectivity index (χ0v) is 15.0. The van der Waals surface area contributed by atoms with Gasteiger partial charge in [0.15, 0.2) is 0 Å². The standard InChI is InChI=1S/C20H22N2O2S/c21-19(24)18-15-6-3-7-16(15)25-20(18)22-17(23)11-12-8-9-13-4-1-2-5-14(13)10-12/h8-10H,1-7,11H2,(H2,21,24)(H,22,23). The molecule has 0 saturated carbocycles. The van der Waals surface area contributed by atoms with Crippen molar-refractivity contribution in [1.29, 1.82) is 0 Å². The molecule has 0 fully saturated rings. The van der Waals surface area contributed by atoms with Crippen LogP contribution in [0.5, 0.6) is 0 Å². The van der Waals surface area contributed by atoms with Crippen LogP contribution < -0.4 is 11.1 Å². The number of carbonyl (C=O) groups excluding carboxylic acids is 2. The first-order valence-corrected chi connectivity index (χ1v) is 9.78. The number of nitrogens with two attached hydrogens (primary N) is 1. The number of carbonyl (C=O) groups is 2. The maximum Gasteiger partial charge on any atom is 0.251 e. The summed E-state index contributed by atoms with van der Waals surface area (Å²) >= 11 is 1.51. The normalized spacial score (nSPS) is 15.5. The quantitative estimate of drug-likeness (QED) is 0.883. The fourth-order valence-corrected chi connectivity index (χ4v) is 5.32. The smallest absolute Gasteiger partial charge is 0.251 e. The molecule has 0 atom stereocenters. The lowest BCUT2D eigenvalue weighted by atomic mass is 9.90. The molecule has 0 spiro atoms. The van der Waals surface area contributed by atoms with Crippen LogP contribution >= 0.6 is 11.3 Å². The van der Waals surface area contributed by atoms with Crippen LogP contribution in [0.2, 0.25) is 0 Å². The van der Waals surface area contributed by atoms with E-state index < -0.39 is 5.91 Å². The predicted molar refractivity (Wildman–Crippen MR) is 100 cm³/mol. The Morgan fingerprint density at radius 2 is 1.84 bits per heavy atom. The fourth-order valence-electron chi connectivity index (χ4n) is 4.01. The molecule has 2 aliphatic carbocycles. The minimum atomic E-state index is -0.441. The number of thiophene rings is 1. The first kappa shape index (κ1) is 16.3. The molecule has 3 N–H and O–H groups in total. The van der Waals surface area contributed by atoms with Crippen LogP contribution in [0.25, 0.3) is 0 Å². The number of hydrogen-bond acceptors (Lipinski definition) is 3. The van der Waals surface area contributed by atoms with Gasteiger partial charge in [-0.05, 0) is 67.2 Å². The van der Waals surface area contributed by atoms with E-state index in [1.165, 1.54) is 40.2 Å². The summed E-state index contributed by atoms with van der Waals surface area (Å²) in [5.41, 5.74) is 10.9. The zero-order chi connectivity index (χ0) is 17.4. The topological polar surface area (TPSA) is 72.2 Å². The van der Waals surface area contributed by atoms with Crippen molar-refractivity contribution in [3.8, 4) is 0 Å². The van der Waals surface area contributed by atoms with Crippen molar-refractivity contribution in [2.24, 2.45) is 5.73 Å². The Kier molecular flexibility index (Phi) is 4.34. The molecule has 2 aromatic rings. The summed E-state index contributed by atoms with van der Waals surface area (Å²) in [5, 5.41) is 3.55. The molecule has 130 valence electrons. The van der Waals surface area contributed by atoms with Crippen molar-refractivity contribution >= 4 is 28.2 Å². The third-order valence-electron chi connectivity index (χ3n) is 5.20. The summed E-state index contributed by atoms with van der Waals surface area (Å²) in [6.07, 6.45) is 7.97. The van der Waals surface area contributed by atoms with Crippen LogP contribution in [0.3, 0.4) is 0 Å².